The van der Waals surface area contributed by atoms with Gasteiger partial charge in [-0.3, -0.25) is 4.90 Å². The molecule has 87 valence electrons. The van der Waals surface area contributed by atoms with Crippen LogP contribution in [0.25, 0.3) is 0 Å². The summed E-state index contributed by atoms with van der Waals surface area (Å²) < 4.78 is 0. The zero-order valence-electron chi connectivity index (χ0n) is 9.93. The van der Waals surface area contributed by atoms with Gasteiger partial charge in [0, 0.05) is 18.7 Å². The molecule has 0 unspecified atom stereocenters. The second kappa shape index (κ2) is 5.51. The molecule has 0 aliphatic rings. The summed E-state index contributed by atoms with van der Waals surface area (Å²) in [7, 11) is 2.04. The van der Waals surface area contributed by atoms with E-state index < -0.39 is 0 Å². The van der Waals surface area contributed by atoms with Gasteiger partial charge in [-0.25, -0.2) is 0 Å². The maximum absolute atomic E-state index is 9.67. The molecule has 0 amide bonds. The molecule has 0 bridgehead atoms. The number of nitrogens with zero attached hydrogens (tertiary/aromatic N) is 1. The molecule has 0 heterocycles. The van der Waals surface area contributed by atoms with Crippen molar-refractivity contribution < 1.29 is 5.11 Å². The molecule has 0 saturated carbocycles. The number of rotatable bonds is 4. The summed E-state index contributed by atoms with van der Waals surface area (Å²) in [6, 6.07) is 18.5. The van der Waals surface area contributed by atoms with Gasteiger partial charge < -0.3 is 5.11 Å². The van der Waals surface area contributed by atoms with Gasteiger partial charge in [0.25, 0.3) is 0 Å². The fraction of sp³-hybridized carbons (Fsp3) is 0.200. The molecule has 0 saturated heterocycles. The predicted molar refractivity (Wildman–Crippen MR) is 68.6 cm³/mol. The zero-order chi connectivity index (χ0) is 12.1. The van der Waals surface area contributed by atoms with Crippen LogP contribution in [0.1, 0.15) is 11.1 Å². The highest BCUT2D eigenvalue weighted by molar-refractivity contribution is 5.31. The SMILES string of the molecule is CN(Cc1ccccc1)Cc1cc[c]cc1O. The van der Waals surface area contributed by atoms with Gasteiger partial charge in [0.1, 0.15) is 5.75 Å². The maximum Gasteiger partial charge on any atom is 0.120 e. The minimum absolute atomic E-state index is 0.312. The van der Waals surface area contributed by atoms with E-state index in [4.69, 9.17) is 0 Å². The molecule has 1 N–H and O–H groups in total. The van der Waals surface area contributed by atoms with Crippen LogP contribution in [0.2, 0.25) is 0 Å². The van der Waals surface area contributed by atoms with E-state index in [1.165, 1.54) is 5.56 Å². The van der Waals surface area contributed by atoms with Crippen molar-refractivity contribution in [1.82, 2.24) is 4.90 Å². The first kappa shape index (κ1) is 11.7. The van der Waals surface area contributed by atoms with Crippen LogP contribution in [0.5, 0.6) is 5.75 Å². The summed E-state index contributed by atoms with van der Waals surface area (Å²) in [5.74, 6) is 0.312. The second-order valence-electron chi connectivity index (χ2n) is 4.21. The number of phenols is 1. The van der Waals surface area contributed by atoms with Gasteiger partial charge in [0.2, 0.25) is 0 Å². The number of hydrogen-bond donors (Lipinski definition) is 1. The summed E-state index contributed by atoms with van der Waals surface area (Å²) in [6.07, 6.45) is 0. The smallest absolute Gasteiger partial charge is 0.120 e. The molecule has 2 heteroatoms. The summed E-state index contributed by atoms with van der Waals surface area (Å²) in [5.41, 5.74) is 2.21. The fourth-order valence-electron chi connectivity index (χ4n) is 1.83. The molecule has 17 heavy (non-hydrogen) atoms. The highest BCUT2D eigenvalue weighted by Gasteiger charge is 2.04. The van der Waals surface area contributed by atoms with E-state index in [0.717, 1.165) is 18.7 Å². The Kier molecular flexibility index (Phi) is 3.78. The van der Waals surface area contributed by atoms with Crippen LogP contribution < -0.4 is 0 Å². The molecule has 0 spiro atoms. The number of aromatic hydroxyl groups is 1. The first-order valence-electron chi connectivity index (χ1n) is 5.66. The molecule has 2 rings (SSSR count). The van der Waals surface area contributed by atoms with Gasteiger partial charge in [0.05, 0.1) is 0 Å². The number of benzene rings is 2. The van der Waals surface area contributed by atoms with Crippen molar-refractivity contribution in [3.8, 4) is 5.75 Å². The number of hydrogen-bond acceptors (Lipinski definition) is 2. The van der Waals surface area contributed by atoms with E-state index >= 15 is 0 Å². The molecular formula is C15H16NO. The van der Waals surface area contributed by atoms with Crippen LogP contribution in [0.3, 0.4) is 0 Å². The molecule has 0 aliphatic heterocycles. The lowest BCUT2D eigenvalue weighted by Crippen LogP contribution is -2.17. The van der Waals surface area contributed by atoms with Crippen molar-refractivity contribution in [2.75, 3.05) is 7.05 Å². The highest BCUT2D eigenvalue weighted by atomic mass is 16.3. The fourth-order valence-corrected chi connectivity index (χ4v) is 1.83. The van der Waals surface area contributed by atoms with Crippen molar-refractivity contribution in [1.29, 1.82) is 0 Å². The summed E-state index contributed by atoms with van der Waals surface area (Å²) in [6.45, 7) is 1.61. The van der Waals surface area contributed by atoms with Crippen LogP contribution in [0.4, 0.5) is 0 Å². The van der Waals surface area contributed by atoms with Crippen molar-refractivity contribution >= 4 is 0 Å². The topological polar surface area (TPSA) is 23.5 Å². The molecular weight excluding hydrogens is 210 g/mol. The van der Waals surface area contributed by atoms with E-state index in [1.54, 1.807) is 6.07 Å². The Morgan fingerprint density at radius 3 is 2.59 bits per heavy atom. The van der Waals surface area contributed by atoms with Gasteiger partial charge in [-0.1, -0.05) is 42.5 Å². The Morgan fingerprint density at radius 2 is 1.88 bits per heavy atom. The van der Waals surface area contributed by atoms with E-state index in [2.05, 4.69) is 23.1 Å². The summed E-state index contributed by atoms with van der Waals surface area (Å²) in [4.78, 5) is 2.17. The van der Waals surface area contributed by atoms with Gasteiger partial charge in [-0.15, -0.1) is 0 Å². The average molecular weight is 226 g/mol. The van der Waals surface area contributed by atoms with Gasteiger partial charge in [-0.05, 0) is 24.7 Å². The van der Waals surface area contributed by atoms with E-state index in [1.807, 2.05) is 37.4 Å². The Balaban J connectivity index is 1.98. The van der Waals surface area contributed by atoms with E-state index in [0.29, 0.717) is 5.75 Å². The lowest BCUT2D eigenvalue weighted by atomic mass is 10.1. The molecule has 1 radical (unpaired) electrons. The van der Waals surface area contributed by atoms with Gasteiger partial charge in [-0.2, -0.15) is 0 Å². The predicted octanol–water partition coefficient (Wildman–Crippen LogP) is 2.82. The molecule has 0 aromatic heterocycles. The molecule has 0 aliphatic carbocycles. The Morgan fingerprint density at radius 1 is 1.12 bits per heavy atom. The van der Waals surface area contributed by atoms with Crippen molar-refractivity contribution in [3.05, 3.63) is 65.7 Å². The van der Waals surface area contributed by atoms with Crippen molar-refractivity contribution in [2.24, 2.45) is 0 Å². The largest absolute Gasteiger partial charge is 0.508 e. The van der Waals surface area contributed by atoms with Crippen LogP contribution in [0.15, 0.2) is 48.5 Å². The monoisotopic (exact) mass is 226 g/mol. The van der Waals surface area contributed by atoms with Crippen LogP contribution in [0, 0.1) is 6.07 Å². The van der Waals surface area contributed by atoms with Crippen molar-refractivity contribution in [3.63, 3.8) is 0 Å². The second-order valence-corrected chi connectivity index (χ2v) is 4.21. The quantitative estimate of drug-likeness (QED) is 0.866. The van der Waals surface area contributed by atoms with E-state index in [9.17, 15) is 5.11 Å². The molecule has 2 aromatic rings. The zero-order valence-corrected chi connectivity index (χ0v) is 9.93. The molecule has 0 fully saturated rings. The first-order chi connectivity index (χ1) is 8.25. The van der Waals surface area contributed by atoms with Crippen LogP contribution in [-0.2, 0) is 13.1 Å². The number of phenolic OH excluding ortho intramolecular Hbond substituents is 1. The average Bonchev–Trinajstić information content (AvgIpc) is 2.33. The molecule has 2 nitrogen and oxygen atoms in total. The van der Waals surface area contributed by atoms with Crippen LogP contribution >= 0.6 is 0 Å². The molecule has 0 atom stereocenters. The van der Waals surface area contributed by atoms with Crippen LogP contribution in [-0.4, -0.2) is 17.1 Å². The Hall–Kier alpha value is -1.80. The third-order valence-electron chi connectivity index (χ3n) is 2.67. The first-order valence-corrected chi connectivity index (χ1v) is 5.66. The lowest BCUT2D eigenvalue weighted by Gasteiger charge is -2.17. The highest BCUT2D eigenvalue weighted by Crippen LogP contribution is 2.17. The Labute approximate surface area is 102 Å². The maximum atomic E-state index is 9.67. The van der Waals surface area contributed by atoms with Gasteiger partial charge in [0.15, 0.2) is 0 Å². The minimum Gasteiger partial charge on any atom is -0.508 e. The third kappa shape index (κ3) is 3.33. The molecule has 2 aromatic carbocycles. The Bertz CT molecular complexity index is 467. The van der Waals surface area contributed by atoms with Gasteiger partial charge >= 0.3 is 0 Å². The third-order valence-corrected chi connectivity index (χ3v) is 2.67. The standard InChI is InChI=1S/C15H16NO/c1-16(11-13-7-3-2-4-8-13)12-14-9-5-6-10-15(14)17/h2-5,7-10,17H,11-12H2,1H3. The minimum atomic E-state index is 0.312. The normalized spacial score (nSPS) is 10.7. The lowest BCUT2D eigenvalue weighted by molar-refractivity contribution is 0.312. The van der Waals surface area contributed by atoms with Crippen molar-refractivity contribution in [2.45, 2.75) is 13.1 Å². The summed E-state index contributed by atoms with van der Waals surface area (Å²) >= 11 is 0. The van der Waals surface area contributed by atoms with E-state index in [-0.39, 0.29) is 0 Å². The summed E-state index contributed by atoms with van der Waals surface area (Å²) in [5, 5.41) is 9.67.